The number of hydrogen-bond donors (Lipinski definition) is 1. The van der Waals surface area contributed by atoms with E-state index in [2.05, 4.69) is 31.9 Å². The lowest BCUT2D eigenvalue weighted by atomic mass is 10.2. The van der Waals surface area contributed by atoms with Gasteiger partial charge in [-0.1, -0.05) is 0 Å². The van der Waals surface area contributed by atoms with E-state index in [1.807, 2.05) is 0 Å². The number of carbonyl (C=O) groups is 1. The first-order valence-electron chi connectivity index (χ1n) is 4.37. The molecule has 82 valence electrons. The van der Waals surface area contributed by atoms with Crippen LogP contribution in [0.5, 0.6) is 5.75 Å². The molecule has 1 N–H and O–H groups in total. The average molecular weight is 338 g/mol. The fourth-order valence-corrected chi connectivity index (χ4v) is 2.47. The lowest BCUT2D eigenvalue weighted by molar-refractivity contribution is 0.112. The predicted molar refractivity (Wildman–Crippen MR) is 64.4 cm³/mol. The highest BCUT2D eigenvalue weighted by Crippen LogP contribution is 2.34. The second-order valence-electron chi connectivity index (χ2n) is 2.86. The molecule has 0 bridgehead atoms. The Morgan fingerprint density at radius 1 is 1.33 bits per heavy atom. The standard InChI is InChI=1S/C10H10Br2O3/c11-8-4-7(6-14)5-9(12)10(8)15-3-1-2-13/h4-6,13H,1-3H2. The van der Waals surface area contributed by atoms with E-state index in [0.29, 0.717) is 24.3 Å². The maximum absolute atomic E-state index is 10.6. The van der Waals surface area contributed by atoms with Crippen LogP contribution >= 0.6 is 31.9 Å². The SMILES string of the molecule is O=Cc1cc(Br)c(OCCCO)c(Br)c1. The van der Waals surface area contributed by atoms with Crippen LogP contribution in [0.15, 0.2) is 21.1 Å². The molecule has 0 aliphatic rings. The molecule has 1 rings (SSSR count). The summed E-state index contributed by atoms with van der Waals surface area (Å²) in [5.41, 5.74) is 0.572. The monoisotopic (exact) mass is 336 g/mol. The number of carbonyl (C=O) groups excluding carboxylic acids is 1. The Bertz CT molecular complexity index is 330. The fraction of sp³-hybridized carbons (Fsp3) is 0.300. The molecule has 0 radical (unpaired) electrons. The van der Waals surface area contributed by atoms with Crippen LogP contribution < -0.4 is 4.74 Å². The molecule has 0 spiro atoms. The van der Waals surface area contributed by atoms with Crippen molar-refractivity contribution in [1.29, 1.82) is 0 Å². The van der Waals surface area contributed by atoms with Crippen molar-refractivity contribution in [2.24, 2.45) is 0 Å². The number of aldehydes is 1. The topological polar surface area (TPSA) is 46.5 Å². The molecular formula is C10H10Br2O3. The van der Waals surface area contributed by atoms with Gasteiger partial charge in [-0.3, -0.25) is 4.79 Å². The van der Waals surface area contributed by atoms with Gasteiger partial charge in [0.15, 0.2) is 0 Å². The summed E-state index contributed by atoms with van der Waals surface area (Å²) in [6.07, 6.45) is 1.35. The molecule has 1 aromatic rings. The number of halogens is 2. The Kier molecular flexibility index (Phi) is 5.28. The Morgan fingerprint density at radius 3 is 2.40 bits per heavy atom. The van der Waals surface area contributed by atoms with Crippen molar-refractivity contribution in [3.63, 3.8) is 0 Å². The third-order valence-electron chi connectivity index (χ3n) is 1.71. The second kappa shape index (κ2) is 6.25. The quantitative estimate of drug-likeness (QED) is 0.664. The van der Waals surface area contributed by atoms with Gasteiger partial charge in [0.05, 0.1) is 15.6 Å². The van der Waals surface area contributed by atoms with E-state index in [1.165, 1.54) is 0 Å². The van der Waals surface area contributed by atoms with Gasteiger partial charge in [0, 0.05) is 18.6 Å². The first-order chi connectivity index (χ1) is 7.19. The van der Waals surface area contributed by atoms with E-state index in [-0.39, 0.29) is 6.61 Å². The van der Waals surface area contributed by atoms with Crippen LogP contribution in [0.3, 0.4) is 0 Å². The molecule has 0 saturated carbocycles. The number of hydrogen-bond acceptors (Lipinski definition) is 3. The van der Waals surface area contributed by atoms with Crippen LogP contribution in [0.25, 0.3) is 0 Å². The molecule has 0 unspecified atom stereocenters. The van der Waals surface area contributed by atoms with Crippen molar-refractivity contribution in [2.45, 2.75) is 6.42 Å². The minimum atomic E-state index is 0.0989. The van der Waals surface area contributed by atoms with E-state index >= 15 is 0 Å². The van der Waals surface area contributed by atoms with Crippen molar-refractivity contribution < 1.29 is 14.6 Å². The van der Waals surface area contributed by atoms with Gasteiger partial charge in [-0.05, 0) is 44.0 Å². The molecule has 0 fully saturated rings. The zero-order valence-electron chi connectivity index (χ0n) is 7.87. The van der Waals surface area contributed by atoms with Crippen molar-refractivity contribution in [1.82, 2.24) is 0 Å². The van der Waals surface area contributed by atoms with Crippen molar-refractivity contribution in [2.75, 3.05) is 13.2 Å². The van der Waals surface area contributed by atoms with Crippen LogP contribution in [-0.2, 0) is 0 Å². The highest BCUT2D eigenvalue weighted by Gasteiger charge is 2.08. The predicted octanol–water partition coefficient (Wildman–Crippen LogP) is 2.79. The van der Waals surface area contributed by atoms with Gasteiger partial charge in [0.2, 0.25) is 0 Å². The summed E-state index contributed by atoms with van der Waals surface area (Å²) in [5.74, 6) is 0.647. The van der Waals surface area contributed by atoms with Gasteiger partial charge < -0.3 is 9.84 Å². The number of benzene rings is 1. The number of rotatable bonds is 5. The molecule has 5 heteroatoms. The zero-order chi connectivity index (χ0) is 11.3. The van der Waals surface area contributed by atoms with E-state index in [4.69, 9.17) is 9.84 Å². The summed E-state index contributed by atoms with van der Waals surface area (Å²) in [6.45, 7) is 0.537. The number of aliphatic hydroxyl groups is 1. The molecule has 15 heavy (non-hydrogen) atoms. The highest BCUT2D eigenvalue weighted by molar-refractivity contribution is 9.11. The summed E-state index contributed by atoms with van der Waals surface area (Å²) in [4.78, 5) is 10.6. The van der Waals surface area contributed by atoms with Crippen molar-refractivity contribution in [3.05, 3.63) is 26.6 Å². The molecular weight excluding hydrogens is 328 g/mol. The molecule has 0 atom stereocenters. The maximum Gasteiger partial charge on any atom is 0.150 e. The van der Waals surface area contributed by atoms with Gasteiger partial charge in [0.1, 0.15) is 12.0 Å². The van der Waals surface area contributed by atoms with E-state index in [9.17, 15) is 4.79 Å². The zero-order valence-corrected chi connectivity index (χ0v) is 11.0. The molecule has 0 aliphatic carbocycles. The van der Waals surface area contributed by atoms with Crippen LogP contribution in [0.2, 0.25) is 0 Å². The lowest BCUT2D eigenvalue weighted by Gasteiger charge is -2.10. The Hall–Kier alpha value is -0.390. The van der Waals surface area contributed by atoms with Gasteiger partial charge in [-0.15, -0.1) is 0 Å². The third kappa shape index (κ3) is 3.59. The van der Waals surface area contributed by atoms with Gasteiger partial charge in [-0.25, -0.2) is 0 Å². The van der Waals surface area contributed by atoms with Crippen LogP contribution in [0.1, 0.15) is 16.8 Å². The van der Waals surface area contributed by atoms with Crippen LogP contribution in [0.4, 0.5) is 0 Å². The summed E-state index contributed by atoms with van der Waals surface area (Å²) < 4.78 is 6.88. The fourth-order valence-electron chi connectivity index (χ4n) is 1.02. The minimum absolute atomic E-state index is 0.0989. The van der Waals surface area contributed by atoms with Crippen molar-refractivity contribution in [3.8, 4) is 5.75 Å². The minimum Gasteiger partial charge on any atom is -0.491 e. The first-order valence-corrected chi connectivity index (χ1v) is 5.95. The number of aliphatic hydroxyl groups excluding tert-OH is 1. The molecule has 0 aliphatic heterocycles. The van der Waals surface area contributed by atoms with Crippen LogP contribution in [0, 0.1) is 0 Å². The molecule has 3 nitrogen and oxygen atoms in total. The molecule has 0 saturated heterocycles. The van der Waals surface area contributed by atoms with E-state index in [1.54, 1.807) is 12.1 Å². The molecule has 1 aromatic carbocycles. The third-order valence-corrected chi connectivity index (χ3v) is 2.88. The van der Waals surface area contributed by atoms with E-state index in [0.717, 1.165) is 15.2 Å². The average Bonchev–Trinajstić information content (AvgIpc) is 2.22. The Balaban J connectivity index is 2.83. The Labute approximate surface area is 105 Å². The summed E-state index contributed by atoms with van der Waals surface area (Å²) >= 11 is 6.63. The van der Waals surface area contributed by atoms with Gasteiger partial charge in [-0.2, -0.15) is 0 Å². The summed E-state index contributed by atoms with van der Waals surface area (Å²) in [6, 6.07) is 3.37. The summed E-state index contributed by atoms with van der Waals surface area (Å²) in [7, 11) is 0. The van der Waals surface area contributed by atoms with E-state index < -0.39 is 0 Å². The molecule has 0 heterocycles. The molecule has 0 amide bonds. The summed E-state index contributed by atoms with van der Waals surface area (Å²) in [5, 5.41) is 8.62. The van der Waals surface area contributed by atoms with Crippen molar-refractivity contribution >= 4 is 38.1 Å². The van der Waals surface area contributed by atoms with Gasteiger partial charge >= 0.3 is 0 Å². The van der Waals surface area contributed by atoms with Crippen LogP contribution in [-0.4, -0.2) is 24.6 Å². The largest absolute Gasteiger partial charge is 0.491 e. The Morgan fingerprint density at radius 2 is 1.93 bits per heavy atom. The number of ether oxygens (including phenoxy) is 1. The highest BCUT2D eigenvalue weighted by atomic mass is 79.9. The first kappa shape index (κ1) is 12.7. The lowest BCUT2D eigenvalue weighted by Crippen LogP contribution is -2.01. The second-order valence-corrected chi connectivity index (χ2v) is 4.57. The molecule has 0 aromatic heterocycles. The normalized spacial score (nSPS) is 10.1. The smallest absolute Gasteiger partial charge is 0.150 e. The van der Waals surface area contributed by atoms with Gasteiger partial charge in [0.25, 0.3) is 0 Å². The maximum atomic E-state index is 10.6.